The fraction of sp³-hybridized carbons (Fsp3) is 0.429. The molecule has 0 radical (unpaired) electrons. The van der Waals surface area contributed by atoms with Gasteiger partial charge in [-0.25, -0.2) is 0 Å². The Bertz CT molecular complexity index is 569. The lowest BCUT2D eigenvalue weighted by molar-refractivity contribution is 0.589. The number of aromatic amines is 1. The van der Waals surface area contributed by atoms with E-state index in [1.54, 1.807) is 11.0 Å². The first-order valence-electron chi connectivity index (χ1n) is 6.17. The summed E-state index contributed by atoms with van der Waals surface area (Å²) >= 11 is 0. The van der Waals surface area contributed by atoms with Crippen LogP contribution in [0.1, 0.15) is 17.7 Å². The van der Waals surface area contributed by atoms with Crippen LogP contribution >= 0.6 is 7.92 Å². The Morgan fingerprint density at radius 2 is 2.31 bits per heavy atom. The van der Waals surface area contributed by atoms with E-state index in [4.69, 9.17) is 0 Å². The summed E-state index contributed by atoms with van der Waals surface area (Å²) < 4.78 is 0. The van der Waals surface area contributed by atoms with E-state index in [2.05, 4.69) is 30.1 Å². The fourth-order valence-electron chi connectivity index (χ4n) is 3.35. The fourth-order valence-corrected chi connectivity index (χ4v) is 6.62. The molecule has 0 saturated carbocycles. The van der Waals surface area contributed by atoms with Gasteiger partial charge in [0.05, 0.1) is 0 Å². The molecule has 2 atom stereocenters. The first kappa shape index (κ1) is 9.24. The minimum absolute atomic E-state index is 0.185. The average molecular weight is 229 g/mol. The molecule has 1 nitrogen and oxygen atoms in total. The van der Waals surface area contributed by atoms with Crippen molar-refractivity contribution in [1.82, 2.24) is 4.98 Å². The van der Waals surface area contributed by atoms with Gasteiger partial charge in [-0.3, -0.25) is 0 Å². The number of hydrogen-bond donors (Lipinski definition) is 1. The predicted molar refractivity (Wildman–Crippen MR) is 71.1 cm³/mol. The van der Waals surface area contributed by atoms with Gasteiger partial charge in [0, 0.05) is 21.9 Å². The average Bonchev–Trinajstić information content (AvgIpc) is 2.80. The molecule has 82 valence electrons. The monoisotopic (exact) mass is 229 g/mol. The number of H-pyrrole nitrogens is 1. The number of rotatable bonds is 0. The van der Waals surface area contributed by atoms with Crippen molar-refractivity contribution in [3.05, 3.63) is 29.5 Å². The highest BCUT2D eigenvalue weighted by molar-refractivity contribution is 7.66. The lowest BCUT2D eigenvalue weighted by Crippen LogP contribution is -2.17. The van der Waals surface area contributed by atoms with E-state index in [0.29, 0.717) is 0 Å². The third-order valence-electron chi connectivity index (χ3n) is 4.10. The van der Waals surface area contributed by atoms with Gasteiger partial charge in [0.1, 0.15) is 0 Å². The predicted octanol–water partition coefficient (Wildman–Crippen LogP) is 3.16. The van der Waals surface area contributed by atoms with E-state index in [1.165, 1.54) is 41.6 Å². The van der Waals surface area contributed by atoms with Crippen LogP contribution < -0.4 is 5.30 Å². The molecule has 2 bridgehead atoms. The van der Waals surface area contributed by atoms with Crippen molar-refractivity contribution in [3.8, 4) is 0 Å². The summed E-state index contributed by atoms with van der Waals surface area (Å²) in [7, 11) is 0.185. The molecular formula is C14H16NP. The van der Waals surface area contributed by atoms with Crippen molar-refractivity contribution < 1.29 is 0 Å². The maximum Gasteiger partial charge on any atom is 0.0465 e. The van der Waals surface area contributed by atoms with Gasteiger partial charge in [0.15, 0.2) is 0 Å². The quantitative estimate of drug-likeness (QED) is 0.668. The van der Waals surface area contributed by atoms with Gasteiger partial charge in [0.2, 0.25) is 0 Å². The molecule has 0 amide bonds. The van der Waals surface area contributed by atoms with Crippen LogP contribution in [-0.4, -0.2) is 17.3 Å². The third-order valence-corrected chi connectivity index (χ3v) is 6.99. The maximum absolute atomic E-state index is 3.67. The Balaban J connectivity index is 2.02. The van der Waals surface area contributed by atoms with Gasteiger partial charge < -0.3 is 4.98 Å². The molecule has 1 aromatic carbocycles. The molecule has 1 saturated heterocycles. The molecule has 2 heteroatoms. The zero-order valence-corrected chi connectivity index (χ0v) is 10.5. The second kappa shape index (κ2) is 3.11. The Labute approximate surface area is 97.0 Å². The highest BCUT2D eigenvalue weighted by atomic mass is 31.1. The number of aromatic nitrogens is 1. The summed E-state index contributed by atoms with van der Waals surface area (Å²) in [6, 6.07) is 6.90. The van der Waals surface area contributed by atoms with Crippen LogP contribution in [0.15, 0.2) is 18.2 Å². The van der Waals surface area contributed by atoms with E-state index < -0.39 is 0 Å². The van der Waals surface area contributed by atoms with Crippen molar-refractivity contribution in [2.24, 2.45) is 5.92 Å². The van der Waals surface area contributed by atoms with Crippen molar-refractivity contribution in [2.45, 2.75) is 19.8 Å². The van der Waals surface area contributed by atoms with Gasteiger partial charge in [-0.05, 0) is 49.6 Å². The van der Waals surface area contributed by atoms with Gasteiger partial charge in [-0.2, -0.15) is 0 Å². The largest absolute Gasteiger partial charge is 0.358 e. The van der Waals surface area contributed by atoms with Gasteiger partial charge in [0.25, 0.3) is 0 Å². The highest BCUT2D eigenvalue weighted by Gasteiger charge is 2.34. The van der Waals surface area contributed by atoms with E-state index >= 15 is 0 Å². The lowest BCUT2D eigenvalue weighted by Gasteiger charge is -2.19. The van der Waals surface area contributed by atoms with Gasteiger partial charge >= 0.3 is 0 Å². The molecule has 4 rings (SSSR count). The van der Waals surface area contributed by atoms with Crippen LogP contribution in [-0.2, 0) is 6.42 Å². The number of fused-ring (bicyclic) bond motifs is 6. The standard InChI is InChI=1S/C14H16NP/c1-9-2-3-11-12(6-9)15-13-7-10-4-5-16(8-10)14(11)13/h2-3,6,10,15H,4-5,7-8H2,1H3/t10-,16-/m0/s1. The van der Waals surface area contributed by atoms with Gasteiger partial charge in [-0.15, -0.1) is 0 Å². The van der Waals surface area contributed by atoms with Crippen LogP contribution in [0, 0.1) is 12.8 Å². The summed E-state index contributed by atoms with van der Waals surface area (Å²) in [5.74, 6) is 0.993. The van der Waals surface area contributed by atoms with Crippen molar-refractivity contribution in [1.29, 1.82) is 0 Å². The molecule has 3 heterocycles. The van der Waals surface area contributed by atoms with E-state index in [1.807, 2.05) is 0 Å². The topological polar surface area (TPSA) is 15.8 Å². The molecule has 0 unspecified atom stereocenters. The van der Waals surface area contributed by atoms with Gasteiger partial charge in [-0.1, -0.05) is 20.1 Å². The highest BCUT2D eigenvalue weighted by Crippen LogP contribution is 2.51. The number of aryl methyl sites for hydroxylation is 1. The summed E-state index contributed by atoms with van der Waals surface area (Å²) in [4.78, 5) is 3.67. The van der Waals surface area contributed by atoms with Crippen molar-refractivity contribution in [3.63, 3.8) is 0 Å². The van der Waals surface area contributed by atoms with Crippen molar-refractivity contribution in [2.75, 3.05) is 12.3 Å². The molecule has 2 aliphatic rings. The summed E-state index contributed by atoms with van der Waals surface area (Å²) in [5.41, 5.74) is 4.31. The van der Waals surface area contributed by atoms with Crippen LogP contribution in [0.4, 0.5) is 0 Å². The summed E-state index contributed by atoms with van der Waals surface area (Å²) in [5, 5.41) is 3.24. The number of hydrogen-bond acceptors (Lipinski definition) is 0. The van der Waals surface area contributed by atoms with E-state index in [-0.39, 0.29) is 7.92 Å². The van der Waals surface area contributed by atoms with Crippen molar-refractivity contribution >= 4 is 24.1 Å². The molecule has 1 N–H and O–H groups in total. The zero-order chi connectivity index (χ0) is 10.7. The third kappa shape index (κ3) is 1.16. The first-order valence-corrected chi connectivity index (χ1v) is 7.88. The van der Waals surface area contributed by atoms with Crippen LogP contribution in [0.3, 0.4) is 0 Å². The Hall–Kier alpha value is -0.810. The normalized spacial score (nSPS) is 27.3. The van der Waals surface area contributed by atoms with Crippen LogP contribution in [0.5, 0.6) is 0 Å². The molecule has 0 spiro atoms. The van der Waals surface area contributed by atoms with E-state index in [0.717, 1.165) is 5.92 Å². The lowest BCUT2D eigenvalue weighted by atomic mass is 10.0. The number of nitrogens with one attached hydrogen (secondary N) is 1. The van der Waals surface area contributed by atoms with Crippen LogP contribution in [0.2, 0.25) is 0 Å². The maximum atomic E-state index is 3.67. The number of benzene rings is 1. The Morgan fingerprint density at radius 3 is 3.25 bits per heavy atom. The minimum atomic E-state index is 0.185. The molecule has 0 aliphatic carbocycles. The first-order chi connectivity index (χ1) is 7.81. The summed E-state index contributed by atoms with van der Waals surface area (Å²) in [6.07, 6.45) is 5.76. The Kier molecular flexibility index (Phi) is 1.79. The second-order valence-electron chi connectivity index (χ2n) is 5.31. The van der Waals surface area contributed by atoms with E-state index in [9.17, 15) is 0 Å². The molecule has 1 fully saturated rings. The second-order valence-corrected chi connectivity index (χ2v) is 7.65. The molecule has 2 aliphatic heterocycles. The van der Waals surface area contributed by atoms with Crippen LogP contribution in [0.25, 0.3) is 10.9 Å². The summed E-state index contributed by atoms with van der Waals surface area (Å²) in [6.45, 7) is 2.18. The smallest absolute Gasteiger partial charge is 0.0465 e. The molecule has 2 aromatic rings. The zero-order valence-electron chi connectivity index (χ0n) is 9.59. The molecule has 1 aromatic heterocycles. The SMILES string of the molecule is Cc1ccc2c3c([nH]c2c1)C[C@@H]1CC[P@@]3C1. The molecular weight excluding hydrogens is 213 g/mol. The molecule has 16 heavy (non-hydrogen) atoms. The Morgan fingerprint density at radius 1 is 1.38 bits per heavy atom. The minimum Gasteiger partial charge on any atom is -0.358 e.